The summed E-state index contributed by atoms with van der Waals surface area (Å²) >= 11 is 1.67. The maximum Gasteiger partial charge on any atom is 0.0951 e. The topological polar surface area (TPSA) is 57.4 Å². The van der Waals surface area contributed by atoms with Crippen LogP contribution >= 0.6 is 11.3 Å². The summed E-state index contributed by atoms with van der Waals surface area (Å²) in [5.74, 6) is 0.470. The monoisotopic (exact) mass is 272 g/mol. The van der Waals surface area contributed by atoms with Crippen molar-refractivity contribution in [3.05, 3.63) is 16.1 Å². The van der Waals surface area contributed by atoms with Crippen LogP contribution in [0.2, 0.25) is 0 Å². The Balaban J connectivity index is 2.34. The van der Waals surface area contributed by atoms with E-state index in [4.69, 9.17) is 15.2 Å². The first-order valence-electron chi connectivity index (χ1n) is 6.45. The molecular formula is C13H24N2O2S. The predicted octanol–water partition coefficient (Wildman–Crippen LogP) is 2.39. The third kappa shape index (κ3) is 5.02. The summed E-state index contributed by atoms with van der Waals surface area (Å²) in [7, 11) is 1.67. The van der Waals surface area contributed by atoms with E-state index in [0.29, 0.717) is 25.7 Å². The van der Waals surface area contributed by atoms with Crippen molar-refractivity contribution >= 4 is 11.3 Å². The maximum absolute atomic E-state index is 6.15. The van der Waals surface area contributed by atoms with Crippen molar-refractivity contribution in [2.75, 3.05) is 26.9 Å². The van der Waals surface area contributed by atoms with E-state index in [1.807, 2.05) is 0 Å². The third-order valence-electron chi connectivity index (χ3n) is 3.06. The van der Waals surface area contributed by atoms with E-state index >= 15 is 0 Å². The number of aromatic nitrogens is 1. The molecule has 2 unspecified atom stereocenters. The first kappa shape index (κ1) is 15.6. The predicted molar refractivity (Wildman–Crippen MR) is 74.9 cm³/mol. The van der Waals surface area contributed by atoms with Gasteiger partial charge in [0.05, 0.1) is 36.6 Å². The van der Waals surface area contributed by atoms with Gasteiger partial charge in [-0.2, -0.15) is 0 Å². The molecule has 104 valence electrons. The number of hydrogen-bond acceptors (Lipinski definition) is 5. The smallest absolute Gasteiger partial charge is 0.0951 e. The van der Waals surface area contributed by atoms with Gasteiger partial charge >= 0.3 is 0 Å². The highest BCUT2D eigenvalue weighted by atomic mass is 32.1. The second-order valence-corrected chi connectivity index (χ2v) is 5.38. The molecule has 0 aromatic carbocycles. The van der Waals surface area contributed by atoms with Gasteiger partial charge in [-0.15, -0.1) is 11.3 Å². The molecule has 0 radical (unpaired) electrons. The molecule has 0 spiro atoms. The van der Waals surface area contributed by atoms with Crippen molar-refractivity contribution in [3.63, 3.8) is 0 Å². The van der Waals surface area contributed by atoms with Gasteiger partial charge in [0.15, 0.2) is 0 Å². The molecule has 0 aliphatic rings. The van der Waals surface area contributed by atoms with E-state index in [1.165, 1.54) is 0 Å². The van der Waals surface area contributed by atoms with Gasteiger partial charge in [-0.25, -0.2) is 4.98 Å². The summed E-state index contributed by atoms with van der Waals surface area (Å²) in [6.07, 6.45) is 1.93. The number of ether oxygens (including phenoxy) is 2. The van der Waals surface area contributed by atoms with Crippen LogP contribution in [-0.2, 0) is 15.9 Å². The van der Waals surface area contributed by atoms with Crippen LogP contribution in [0.3, 0.4) is 0 Å². The first-order chi connectivity index (χ1) is 8.69. The third-order valence-corrected chi connectivity index (χ3v) is 3.99. The summed E-state index contributed by atoms with van der Waals surface area (Å²) in [5.41, 5.74) is 7.17. The summed E-state index contributed by atoms with van der Waals surface area (Å²) in [6.45, 7) is 6.29. The van der Waals surface area contributed by atoms with Gasteiger partial charge in [0.1, 0.15) is 0 Å². The Morgan fingerprint density at radius 3 is 2.83 bits per heavy atom. The van der Waals surface area contributed by atoms with Crippen molar-refractivity contribution in [2.24, 2.45) is 11.7 Å². The second-order valence-electron chi connectivity index (χ2n) is 4.43. The maximum atomic E-state index is 6.15. The van der Waals surface area contributed by atoms with Crippen LogP contribution in [0.4, 0.5) is 0 Å². The zero-order valence-electron chi connectivity index (χ0n) is 11.5. The molecule has 0 saturated carbocycles. The Morgan fingerprint density at radius 1 is 1.39 bits per heavy atom. The molecule has 0 aliphatic heterocycles. The Hall–Kier alpha value is -0.490. The van der Waals surface area contributed by atoms with Crippen molar-refractivity contribution in [3.8, 4) is 0 Å². The van der Waals surface area contributed by atoms with Crippen LogP contribution in [0.25, 0.3) is 0 Å². The SMILES string of the molecule is CCC(C)C(N)c1csc(CCOCCOC)n1. The number of thiazole rings is 1. The Kier molecular flexibility index (Phi) is 7.42. The van der Waals surface area contributed by atoms with Crippen LogP contribution in [-0.4, -0.2) is 31.9 Å². The fourth-order valence-electron chi connectivity index (χ4n) is 1.54. The summed E-state index contributed by atoms with van der Waals surface area (Å²) in [4.78, 5) is 4.58. The van der Waals surface area contributed by atoms with Crippen molar-refractivity contribution in [1.82, 2.24) is 4.98 Å². The van der Waals surface area contributed by atoms with Gasteiger partial charge in [0.2, 0.25) is 0 Å². The normalized spacial score (nSPS) is 14.7. The number of hydrogen-bond donors (Lipinski definition) is 1. The molecule has 5 heteroatoms. The van der Waals surface area contributed by atoms with E-state index in [1.54, 1.807) is 18.4 Å². The molecule has 1 aromatic heterocycles. The lowest BCUT2D eigenvalue weighted by molar-refractivity contribution is 0.0722. The molecule has 2 N–H and O–H groups in total. The quantitative estimate of drug-likeness (QED) is 0.701. The standard InChI is InChI=1S/C13H24N2O2S/c1-4-10(2)13(14)11-9-18-12(15-11)5-6-17-8-7-16-3/h9-10,13H,4-8,14H2,1-3H3. The molecule has 0 aliphatic carbocycles. The molecular weight excluding hydrogens is 248 g/mol. The molecule has 4 nitrogen and oxygen atoms in total. The molecule has 2 atom stereocenters. The second kappa shape index (κ2) is 8.58. The fourth-order valence-corrected chi connectivity index (χ4v) is 2.37. The lowest BCUT2D eigenvalue weighted by Gasteiger charge is -2.15. The van der Waals surface area contributed by atoms with Gasteiger partial charge in [-0.1, -0.05) is 20.3 Å². The van der Waals surface area contributed by atoms with E-state index < -0.39 is 0 Å². The Morgan fingerprint density at radius 2 is 2.17 bits per heavy atom. The van der Waals surface area contributed by atoms with E-state index in [-0.39, 0.29) is 6.04 Å². The number of nitrogens with two attached hydrogens (primary N) is 1. The van der Waals surface area contributed by atoms with E-state index in [9.17, 15) is 0 Å². The molecule has 1 heterocycles. The summed E-state index contributed by atoms with van der Waals surface area (Å²) in [5, 5.41) is 3.17. The van der Waals surface area contributed by atoms with Crippen molar-refractivity contribution in [1.29, 1.82) is 0 Å². The van der Waals surface area contributed by atoms with Crippen LogP contribution in [0, 0.1) is 5.92 Å². The van der Waals surface area contributed by atoms with E-state index in [2.05, 4.69) is 24.2 Å². The molecule has 18 heavy (non-hydrogen) atoms. The fraction of sp³-hybridized carbons (Fsp3) is 0.769. The minimum atomic E-state index is 0.0504. The lowest BCUT2D eigenvalue weighted by Crippen LogP contribution is -2.18. The average Bonchev–Trinajstić information content (AvgIpc) is 2.85. The van der Waals surface area contributed by atoms with E-state index in [0.717, 1.165) is 23.5 Å². The molecule has 0 fully saturated rings. The zero-order valence-corrected chi connectivity index (χ0v) is 12.3. The minimum absolute atomic E-state index is 0.0504. The molecule has 0 amide bonds. The van der Waals surface area contributed by atoms with Crippen LogP contribution in [0.5, 0.6) is 0 Å². The van der Waals surface area contributed by atoms with Gasteiger partial charge in [0, 0.05) is 18.9 Å². The zero-order chi connectivity index (χ0) is 13.4. The number of methoxy groups -OCH3 is 1. The van der Waals surface area contributed by atoms with Crippen LogP contribution < -0.4 is 5.73 Å². The highest BCUT2D eigenvalue weighted by molar-refractivity contribution is 7.09. The van der Waals surface area contributed by atoms with Crippen molar-refractivity contribution in [2.45, 2.75) is 32.7 Å². The Labute approximate surface area is 114 Å². The molecule has 1 aromatic rings. The summed E-state index contributed by atoms with van der Waals surface area (Å²) < 4.78 is 10.3. The highest BCUT2D eigenvalue weighted by Crippen LogP contribution is 2.23. The molecule has 0 bridgehead atoms. The van der Waals surface area contributed by atoms with Crippen LogP contribution in [0.15, 0.2) is 5.38 Å². The van der Waals surface area contributed by atoms with Gasteiger partial charge in [-0.3, -0.25) is 0 Å². The minimum Gasteiger partial charge on any atom is -0.382 e. The lowest BCUT2D eigenvalue weighted by atomic mass is 9.98. The van der Waals surface area contributed by atoms with Crippen LogP contribution in [0.1, 0.15) is 37.0 Å². The van der Waals surface area contributed by atoms with Gasteiger partial charge < -0.3 is 15.2 Å². The van der Waals surface area contributed by atoms with Gasteiger partial charge in [-0.05, 0) is 5.92 Å². The first-order valence-corrected chi connectivity index (χ1v) is 7.33. The highest BCUT2D eigenvalue weighted by Gasteiger charge is 2.16. The van der Waals surface area contributed by atoms with Crippen molar-refractivity contribution < 1.29 is 9.47 Å². The Bertz CT molecular complexity index is 331. The number of rotatable bonds is 9. The summed E-state index contributed by atoms with van der Waals surface area (Å²) in [6, 6.07) is 0.0504. The largest absolute Gasteiger partial charge is 0.382 e. The molecule has 0 saturated heterocycles. The molecule has 1 rings (SSSR count). The van der Waals surface area contributed by atoms with Gasteiger partial charge in [0.25, 0.3) is 0 Å². The average molecular weight is 272 g/mol. The number of nitrogens with zero attached hydrogens (tertiary/aromatic N) is 1.